The summed E-state index contributed by atoms with van der Waals surface area (Å²) in [5.74, 6) is 0.546. The zero-order valence-corrected chi connectivity index (χ0v) is 10.8. The van der Waals surface area contributed by atoms with Crippen molar-refractivity contribution in [2.75, 3.05) is 0 Å². The molecule has 0 heterocycles. The lowest BCUT2D eigenvalue weighted by molar-refractivity contribution is 0.305. The molecule has 0 fully saturated rings. The van der Waals surface area contributed by atoms with E-state index in [2.05, 4.69) is 0 Å². The molecule has 2 aromatic carbocycles. The van der Waals surface area contributed by atoms with Crippen molar-refractivity contribution < 1.29 is 9.84 Å². The summed E-state index contributed by atoms with van der Waals surface area (Å²) >= 11 is 5.90. The maximum Gasteiger partial charge on any atom is 0.132 e. The average Bonchev–Trinajstić information content (AvgIpc) is 2.36. The second kappa shape index (κ2) is 5.63. The summed E-state index contributed by atoms with van der Waals surface area (Å²) < 4.78 is 5.60. The number of nitrogens with one attached hydrogen (secondary N) is 1. The Labute approximate surface area is 115 Å². The lowest BCUT2D eigenvalue weighted by atomic mass is 10.2. The molecule has 2 rings (SSSR count). The van der Waals surface area contributed by atoms with Crippen LogP contribution in [-0.2, 0) is 6.61 Å². The molecule has 0 unspecified atom stereocenters. The van der Waals surface area contributed by atoms with Crippen LogP contribution in [-0.4, -0.2) is 10.9 Å². The van der Waals surface area contributed by atoms with E-state index < -0.39 is 0 Å². The molecule has 0 atom stereocenters. The van der Waals surface area contributed by atoms with E-state index in [4.69, 9.17) is 27.5 Å². The fourth-order valence-corrected chi connectivity index (χ4v) is 1.81. The van der Waals surface area contributed by atoms with Gasteiger partial charge in [0.25, 0.3) is 0 Å². The first-order valence-electron chi connectivity index (χ1n) is 5.61. The maximum atomic E-state index is 9.37. The number of phenols is 1. The van der Waals surface area contributed by atoms with Gasteiger partial charge in [-0.25, -0.2) is 0 Å². The van der Waals surface area contributed by atoms with Gasteiger partial charge in [-0.1, -0.05) is 23.7 Å². The minimum absolute atomic E-state index is 0.0809. The van der Waals surface area contributed by atoms with Crippen LogP contribution in [0.4, 0.5) is 0 Å². The summed E-state index contributed by atoms with van der Waals surface area (Å²) in [5.41, 5.74) is 6.78. The van der Waals surface area contributed by atoms with Crippen LogP contribution in [0.15, 0.2) is 42.5 Å². The highest BCUT2D eigenvalue weighted by Gasteiger charge is 2.08. The minimum Gasteiger partial charge on any atom is -0.508 e. The van der Waals surface area contributed by atoms with Gasteiger partial charge >= 0.3 is 0 Å². The molecule has 0 aliphatic heterocycles. The van der Waals surface area contributed by atoms with Crippen LogP contribution >= 0.6 is 11.6 Å². The number of nitrogens with two attached hydrogens (primary N) is 1. The first-order valence-corrected chi connectivity index (χ1v) is 5.98. The van der Waals surface area contributed by atoms with Crippen molar-refractivity contribution in [3.05, 3.63) is 58.6 Å². The predicted octanol–water partition coefficient (Wildman–Crippen LogP) is 2.91. The molecule has 0 aromatic heterocycles. The van der Waals surface area contributed by atoms with Gasteiger partial charge in [0.1, 0.15) is 23.9 Å². The van der Waals surface area contributed by atoms with Gasteiger partial charge in [-0.2, -0.15) is 0 Å². The minimum atomic E-state index is -0.0809. The largest absolute Gasteiger partial charge is 0.508 e. The van der Waals surface area contributed by atoms with E-state index in [1.165, 1.54) is 0 Å². The number of nitrogen functional groups attached to an aromatic ring is 1. The number of amidine groups is 1. The van der Waals surface area contributed by atoms with Crippen molar-refractivity contribution in [3.8, 4) is 11.5 Å². The van der Waals surface area contributed by atoms with E-state index in [1.807, 2.05) is 6.07 Å². The van der Waals surface area contributed by atoms with Crippen molar-refractivity contribution in [2.24, 2.45) is 5.73 Å². The van der Waals surface area contributed by atoms with Gasteiger partial charge < -0.3 is 15.6 Å². The van der Waals surface area contributed by atoms with Crippen molar-refractivity contribution in [2.45, 2.75) is 6.61 Å². The third kappa shape index (κ3) is 3.39. The molecule has 0 radical (unpaired) electrons. The zero-order chi connectivity index (χ0) is 13.8. The van der Waals surface area contributed by atoms with Crippen LogP contribution in [0, 0.1) is 5.41 Å². The van der Waals surface area contributed by atoms with Gasteiger partial charge in [0, 0.05) is 5.02 Å². The lowest BCUT2D eigenvalue weighted by Gasteiger charge is -2.11. The van der Waals surface area contributed by atoms with E-state index >= 15 is 0 Å². The molecule has 0 bridgehead atoms. The van der Waals surface area contributed by atoms with Crippen molar-refractivity contribution >= 4 is 17.4 Å². The molecule has 2 aromatic rings. The molecule has 98 valence electrons. The smallest absolute Gasteiger partial charge is 0.132 e. The first kappa shape index (κ1) is 13.2. The number of hydrogen-bond donors (Lipinski definition) is 3. The van der Waals surface area contributed by atoms with Gasteiger partial charge in [-0.05, 0) is 35.9 Å². The summed E-state index contributed by atoms with van der Waals surface area (Å²) in [7, 11) is 0. The third-order valence-corrected chi connectivity index (χ3v) is 2.77. The summed E-state index contributed by atoms with van der Waals surface area (Å²) in [5, 5.41) is 17.4. The molecule has 4 N–H and O–H groups in total. The van der Waals surface area contributed by atoms with Crippen LogP contribution in [0.1, 0.15) is 11.1 Å². The molecule has 0 amide bonds. The highest BCUT2D eigenvalue weighted by Crippen LogP contribution is 2.24. The molecule has 0 saturated heterocycles. The molecule has 0 spiro atoms. The topological polar surface area (TPSA) is 79.3 Å². The van der Waals surface area contributed by atoms with Crippen molar-refractivity contribution in [1.82, 2.24) is 0 Å². The van der Waals surface area contributed by atoms with Crippen LogP contribution in [0.3, 0.4) is 0 Å². The molecular weight excluding hydrogens is 264 g/mol. The quantitative estimate of drug-likeness (QED) is 0.593. The predicted molar refractivity (Wildman–Crippen MR) is 74.9 cm³/mol. The van der Waals surface area contributed by atoms with Crippen LogP contribution in [0.2, 0.25) is 5.02 Å². The molecule has 19 heavy (non-hydrogen) atoms. The second-order valence-electron chi connectivity index (χ2n) is 4.01. The lowest BCUT2D eigenvalue weighted by Crippen LogP contribution is -2.13. The summed E-state index contributed by atoms with van der Waals surface area (Å²) in [6.45, 7) is 0.259. The molecular formula is C14H13ClN2O2. The Bertz CT molecular complexity index is 614. The summed E-state index contributed by atoms with van der Waals surface area (Å²) in [6.07, 6.45) is 0. The molecule has 5 heteroatoms. The van der Waals surface area contributed by atoms with E-state index in [9.17, 15) is 5.11 Å². The highest BCUT2D eigenvalue weighted by molar-refractivity contribution is 6.30. The standard InChI is InChI=1S/C14H13ClN2O2/c15-10-4-5-12(14(16)17)13(7-10)19-8-9-2-1-3-11(18)6-9/h1-7,18H,8H2,(H3,16,17). The average molecular weight is 277 g/mol. The Morgan fingerprint density at radius 1 is 1.26 bits per heavy atom. The number of phenolic OH excluding ortho intramolecular Hbond substituents is 1. The molecule has 0 aliphatic rings. The number of benzene rings is 2. The molecule has 0 saturated carbocycles. The van der Waals surface area contributed by atoms with Gasteiger partial charge in [-0.3, -0.25) is 5.41 Å². The van der Waals surface area contributed by atoms with E-state index in [1.54, 1.807) is 36.4 Å². The highest BCUT2D eigenvalue weighted by atomic mass is 35.5. The zero-order valence-electron chi connectivity index (χ0n) is 10.1. The first-order chi connectivity index (χ1) is 9.06. The summed E-state index contributed by atoms with van der Waals surface area (Å²) in [4.78, 5) is 0. The fourth-order valence-electron chi connectivity index (χ4n) is 1.65. The normalized spacial score (nSPS) is 10.2. The number of rotatable bonds is 4. The second-order valence-corrected chi connectivity index (χ2v) is 4.45. The Morgan fingerprint density at radius 3 is 2.74 bits per heavy atom. The van der Waals surface area contributed by atoms with Crippen LogP contribution in [0.25, 0.3) is 0 Å². The van der Waals surface area contributed by atoms with Gasteiger partial charge in [0.2, 0.25) is 0 Å². The number of halogens is 1. The molecule has 4 nitrogen and oxygen atoms in total. The monoisotopic (exact) mass is 276 g/mol. The van der Waals surface area contributed by atoms with Crippen LogP contribution in [0.5, 0.6) is 11.5 Å². The van der Waals surface area contributed by atoms with E-state index in [0.29, 0.717) is 16.3 Å². The molecule has 0 aliphatic carbocycles. The Balaban J connectivity index is 2.19. The van der Waals surface area contributed by atoms with Crippen LogP contribution < -0.4 is 10.5 Å². The Hall–Kier alpha value is -2.20. The SMILES string of the molecule is N=C(N)c1ccc(Cl)cc1OCc1cccc(O)c1. The Morgan fingerprint density at radius 2 is 2.05 bits per heavy atom. The van der Waals surface area contributed by atoms with Crippen molar-refractivity contribution in [1.29, 1.82) is 5.41 Å². The van der Waals surface area contributed by atoms with E-state index in [0.717, 1.165) is 5.56 Å². The number of aromatic hydroxyl groups is 1. The van der Waals surface area contributed by atoms with Gasteiger partial charge in [-0.15, -0.1) is 0 Å². The van der Waals surface area contributed by atoms with Gasteiger partial charge in [0.15, 0.2) is 0 Å². The maximum absolute atomic E-state index is 9.37. The number of hydrogen-bond acceptors (Lipinski definition) is 3. The Kier molecular flexibility index (Phi) is 3.92. The van der Waals surface area contributed by atoms with Gasteiger partial charge in [0.05, 0.1) is 5.56 Å². The van der Waals surface area contributed by atoms with E-state index in [-0.39, 0.29) is 18.2 Å². The summed E-state index contributed by atoms with van der Waals surface area (Å²) in [6, 6.07) is 11.7. The van der Waals surface area contributed by atoms with Crippen molar-refractivity contribution in [3.63, 3.8) is 0 Å². The fraction of sp³-hybridized carbons (Fsp3) is 0.0714. The third-order valence-electron chi connectivity index (χ3n) is 2.54. The number of ether oxygens (including phenoxy) is 1.